The maximum absolute atomic E-state index is 4.74. The maximum atomic E-state index is 4.74. The number of nitrogens with zero attached hydrogens (tertiary/aromatic N) is 2. The molecule has 0 unspecified atom stereocenters. The second-order valence-corrected chi connectivity index (χ2v) is 7.68. The lowest BCUT2D eigenvalue weighted by molar-refractivity contribution is 0.604. The van der Waals surface area contributed by atoms with Gasteiger partial charge in [0, 0.05) is 23.2 Å². The molecule has 0 saturated carbocycles. The molecule has 0 atom stereocenters. The second kappa shape index (κ2) is 6.14. The first-order chi connectivity index (χ1) is 9.81. The van der Waals surface area contributed by atoms with Crippen molar-refractivity contribution in [2.45, 2.75) is 52.9 Å². The minimum Gasteiger partial charge on any atom is -0.370 e. The maximum Gasteiger partial charge on any atom is 0.171 e. The first-order valence-electron chi connectivity index (χ1n) is 7.54. The van der Waals surface area contributed by atoms with E-state index in [2.05, 4.69) is 70.0 Å². The fraction of sp³-hybridized carbons (Fsp3) is 0.529. The molecule has 114 valence electrons. The van der Waals surface area contributed by atoms with Gasteiger partial charge in [0.2, 0.25) is 0 Å². The highest BCUT2D eigenvalue weighted by atomic mass is 32.1. The molecule has 0 amide bonds. The average Bonchev–Trinajstić information content (AvgIpc) is 2.88. The molecule has 2 aromatic heterocycles. The van der Waals surface area contributed by atoms with Crippen molar-refractivity contribution in [2.24, 2.45) is 0 Å². The van der Waals surface area contributed by atoms with Crippen LogP contribution in [0, 0.1) is 0 Å². The Morgan fingerprint density at radius 1 is 1.19 bits per heavy atom. The van der Waals surface area contributed by atoms with Gasteiger partial charge in [0.1, 0.15) is 5.82 Å². The summed E-state index contributed by atoms with van der Waals surface area (Å²) in [7, 11) is 0. The number of hydrogen-bond donors (Lipinski definition) is 1. The molecule has 0 radical (unpaired) electrons. The molecule has 0 aliphatic rings. The minimum atomic E-state index is 0.170. The Bertz CT molecular complexity index is 609. The number of hydrogen-bond acceptors (Lipinski definition) is 4. The summed E-state index contributed by atoms with van der Waals surface area (Å²) in [6.07, 6.45) is 0. The van der Waals surface area contributed by atoms with Gasteiger partial charge in [-0.2, -0.15) is 0 Å². The predicted octanol–water partition coefficient (Wildman–Crippen LogP) is 5.06. The van der Waals surface area contributed by atoms with Crippen molar-refractivity contribution in [2.75, 3.05) is 11.9 Å². The largest absolute Gasteiger partial charge is 0.370 e. The Kier molecular flexibility index (Phi) is 4.67. The molecule has 0 aliphatic carbocycles. The summed E-state index contributed by atoms with van der Waals surface area (Å²) in [6.45, 7) is 14.0. The molecule has 0 spiro atoms. The van der Waals surface area contributed by atoms with Gasteiger partial charge in [-0.15, -0.1) is 11.3 Å². The molecule has 2 rings (SSSR count). The Balaban J connectivity index is 2.44. The SMILES string of the molecule is CCNc1cc(C(C)C)nc(-c2ccc(C(C)(C)C)s2)n1. The Hall–Kier alpha value is -1.42. The lowest BCUT2D eigenvalue weighted by atomic mass is 9.95. The van der Waals surface area contributed by atoms with E-state index in [1.165, 1.54) is 4.88 Å². The Labute approximate surface area is 131 Å². The van der Waals surface area contributed by atoms with Gasteiger partial charge in [-0.1, -0.05) is 34.6 Å². The normalized spacial score (nSPS) is 12.0. The molecule has 2 aromatic rings. The van der Waals surface area contributed by atoms with Crippen LogP contribution in [0.2, 0.25) is 0 Å². The molecule has 0 bridgehead atoms. The molecule has 0 aliphatic heterocycles. The summed E-state index contributed by atoms with van der Waals surface area (Å²) in [4.78, 5) is 11.9. The van der Waals surface area contributed by atoms with Gasteiger partial charge >= 0.3 is 0 Å². The monoisotopic (exact) mass is 303 g/mol. The molecule has 2 heterocycles. The number of aromatic nitrogens is 2. The molecule has 1 N–H and O–H groups in total. The van der Waals surface area contributed by atoms with Crippen LogP contribution in [0.25, 0.3) is 10.7 Å². The van der Waals surface area contributed by atoms with Gasteiger partial charge in [-0.3, -0.25) is 0 Å². The van der Waals surface area contributed by atoms with Crippen molar-refractivity contribution in [3.8, 4) is 10.7 Å². The lowest BCUT2D eigenvalue weighted by Gasteiger charge is -2.15. The topological polar surface area (TPSA) is 37.8 Å². The predicted molar refractivity (Wildman–Crippen MR) is 92.3 cm³/mol. The third kappa shape index (κ3) is 3.82. The zero-order chi connectivity index (χ0) is 15.6. The van der Waals surface area contributed by atoms with E-state index in [-0.39, 0.29) is 5.41 Å². The molecular weight excluding hydrogens is 278 g/mol. The van der Waals surface area contributed by atoms with E-state index in [0.29, 0.717) is 5.92 Å². The highest BCUT2D eigenvalue weighted by Gasteiger charge is 2.18. The molecular formula is C17H25N3S. The van der Waals surface area contributed by atoms with Crippen LogP contribution in [0.3, 0.4) is 0 Å². The Morgan fingerprint density at radius 3 is 2.43 bits per heavy atom. The van der Waals surface area contributed by atoms with E-state index < -0.39 is 0 Å². The van der Waals surface area contributed by atoms with Crippen LogP contribution in [0.1, 0.15) is 58.0 Å². The summed E-state index contributed by atoms with van der Waals surface area (Å²) in [6, 6.07) is 6.38. The van der Waals surface area contributed by atoms with Gasteiger partial charge in [0.05, 0.1) is 4.88 Å². The Morgan fingerprint density at radius 2 is 1.90 bits per heavy atom. The third-order valence-corrected chi connectivity index (χ3v) is 4.77. The summed E-state index contributed by atoms with van der Waals surface area (Å²) in [5.74, 6) is 2.14. The van der Waals surface area contributed by atoms with Crippen LogP contribution in [-0.4, -0.2) is 16.5 Å². The van der Waals surface area contributed by atoms with E-state index in [0.717, 1.165) is 28.8 Å². The second-order valence-electron chi connectivity index (χ2n) is 6.60. The summed E-state index contributed by atoms with van der Waals surface area (Å²) < 4.78 is 0. The van der Waals surface area contributed by atoms with Crippen molar-refractivity contribution in [3.63, 3.8) is 0 Å². The van der Waals surface area contributed by atoms with Crippen molar-refractivity contribution < 1.29 is 0 Å². The first-order valence-corrected chi connectivity index (χ1v) is 8.36. The number of rotatable bonds is 4. The number of anilines is 1. The molecule has 0 fully saturated rings. The van der Waals surface area contributed by atoms with Gasteiger partial charge in [0.25, 0.3) is 0 Å². The van der Waals surface area contributed by atoms with E-state index in [4.69, 9.17) is 4.98 Å². The molecule has 21 heavy (non-hydrogen) atoms. The minimum absolute atomic E-state index is 0.170. The average molecular weight is 303 g/mol. The standard InChI is InChI=1S/C17H25N3S/c1-7-18-15-10-12(11(2)3)19-16(20-15)13-8-9-14(21-13)17(4,5)6/h8-11H,7H2,1-6H3,(H,18,19,20). The molecule has 0 saturated heterocycles. The van der Waals surface area contributed by atoms with Gasteiger partial charge in [-0.25, -0.2) is 9.97 Å². The summed E-state index contributed by atoms with van der Waals surface area (Å²) in [5.41, 5.74) is 1.25. The smallest absolute Gasteiger partial charge is 0.171 e. The quantitative estimate of drug-likeness (QED) is 0.858. The third-order valence-electron chi connectivity index (χ3n) is 3.26. The summed E-state index contributed by atoms with van der Waals surface area (Å²) in [5, 5.41) is 3.30. The highest BCUT2D eigenvalue weighted by molar-refractivity contribution is 7.15. The zero-order valence-corrected chi connectivity index (χ0v) is 14.6. The van der Waals surface area contributed by atoms with Crippen LogP contribution in [0.4, 0.5) is 5.82 Å². The van der Waals surface area contributed by atoms with Gasteiger partial charge in [0.15, 0.2) is 5.82 Å². The van der Waals surface area contributed by atoms with E-state index in [1.807, 2.05) is 0 Å². The fourth-order valence-corrected chi connectivity index (χ4v) is 3.00. The number of thiophene rings is 1. The molecule has 3 nitrogen and oxygen atoms in total. The van der Waals surface area contributed by atoms with Crippen molar-refractivity contribution >= 4 is 17.2 Å². The van der Waals surface area contributed by atoms with E-state index in [9.17, 15) is 0 Å². The fourth-order valence-electron chi connectivity index (χ4n) is 2.00. The van der Waals surface area contributed by atoms with Crippen LogP contribution >= 0.6 is 11.3 Å². The van der Waals surface area contributed by atoms with Gasteiger partial charge in [-0.05, 0) is 30.4 Å². The van der Waals surface area contributed by atoms with Crippen molar-refractivity contribution in [1.82, 2.24) is 9.97 Å². The summed E-state index contributed by atoms with van der Waals surface area (Å²) >= 11 is 1.79. The number of nitrogens with one attached hydrogen (secondary N) is 1. The first kappa shape index (κ1) is 16.0. The lowest BCUT2D eigenvalue weighted by Crippen LogP contribution is -2.07. The zero-order valence-electron chi connectivity index (χ0n) is 13.8. The van der Waals surface area contributed by atoms with Crippen molar-refractivity contribution in [1.29, 1.82) is 0 Å². The van der Waals surface area contributed by atoms with Crippen LogP contribution in [-0.2, 0) is 5.41 Å². The molecule has 4 heteroatoms. The van der Waals surface area contributed by atoms with E-state index >= 15 is 0 Å². The van der Waals surface area contributed by atoms with Crippen molar-refractivity contribution in [3.05, 3.63) is 28.8 Å². The van der Waals surface area contributed by atoms with Crippen LogP contribution in [0.5, 0.6) is 0 Å². The van der Waals surface area contributed by atoms with Crippen LogP contribution < -0.4 is 5.32 Å². The van der Waals surface area contributed by atoms with Gasteiger partial charge < -0.3 is 5.32 Å². The van der Waals surface area contributed by atoms with Crippen LogP contribution in [0.15, 0.2) is 18.2 Å². The molecule has 0 aromatic carbocycles. The van der Waals surface area contributed by atoms with E-state index in [1.54, 1.807) is 11.3 Å². The highest BCUT2D eigenvalue weighted by Crippen LogP contribution is 2.34.